The average molecular weight is 407 g/mol. The molecule has 1 heterocycles. The molecule has 3 atom stereocenters. The minimum atomic E-state index is -1.02. The molecule has 1 fully saturated rings. The topological polar surface area (TPSA) is 133 Å². The first-order chi connectivity index (χ1) is 14.5. The predicted octanol–water partition coefficient (Wildman–Crippen LogP) is 1.24. The molecule has 5 N–H and O–H groups in total. The van der Waals surface area contributed by atoms with Crippen molar-refractivity contribution in [3.05, 3.63) is 35.9 Å². The number of benzene rings is 1. The number of nitrogens with one attached hydrogen (secondary N) is 1. The molecule has 0 radical (unpaired) electrons. The summed E-state index contributed by atoms with van der Waals surface area (Å²) in [5, 5.41) is 16.8. The van der Waals surface area contributed by atoms with E-state index < -0.39 is 30.1 Å². The van der Waals surface area contributed by atoms with Crippen molar-refractivity contribution in [1.29, 1.82) is 1.43 Å². The number of aryl methyl sites for hydroxylation is 1. The quantitative estimate of drug-likeness (QED) is 0.384. The number of rotatable bonds is 12. The van der Waals surface area contributed by atoms with Crippen molar-refractivity contribution < 1.29 is 24.6 Å². The third kappa shape index (κ3) is 6.83. The molecule has 1 amide bonds. The van der Waals surface area contributed by atoms with Gasteiger partial charge in [0, 0.05) is 6.54 Å². The van der Waals surface area contributed by atoms with Crippen LogP contribution in [0.3, 0.4) is 0 Å². The molecule has 8 nitrogen and oxygen atoms in total. The lowest BCUT2D eigenvalue weighted by molar-refractivity contribution is -0.149. The van der Waals surface area contributed by atoms with Crippen molar-refractivity contribution in [1.82, 2.24) is 10.2 Å². The zero-order chi connectivity index (χ0) is 21.9. The minimum Gasteiger partial charge on any atom is -0.480 e. The maximum Gasteiger partial charge on any atom is 0.326 e. The van der Waals surface area contributed by atoms with Crippen LogP contribution in [-0.2, 0) is 20.8 Å². The van der Waals surface area contributed by atoms with Gasteiger partial charge in [0.15, 0.2) is 0 Å². The van der Waals surface area contributed by atoms with E-state index >= 15 is 0 Å². The Kier molecular flexibility index (Phi) is 8.45. The highest BCUT2D eigenvalue weighted by Crippen LogP contribution is 2.20. The number of carbonyl (C=O) groups is 3. The Labute approximate surface area is 172 Å². The van der Waals surface area contributed by atoms with Crippen LogP contribution < -0.4 is 11.1 Å². The molecule has 1 saturated heterocycles. The van der Waals surface area contributed by atoms with Crippen LogP contribution in [0.25, 0.3) is 1.43 Å². The third-order valence-corrected chi connectivity index (χ3v) is 5.32. The van der Waals surface area contributed by atoms with Crippen LogP contribution in [0.1, 0.15) is 44.1 Å². The summed E-state index contributed by atoms with van der Waals surface area (Å²) in [7, 11) is 0. The Balaban J connectivity index is 2.09. The van der Waals surface area contributed by atoms with Crippen LogP contribution in [0, 0.1) is 0 Å². The number of likely N-dealkylation sites (tertiary alicyclic amines) is 1. The fourth-order valence-corrected chi connectivity index (χ4v) is 3.72. The summed E-state index contributed by atoms with van der Waals surface area (Å²) < 4.78 is 6.86. The van der Waals surface area contributed by atoms with Gasteiger partial charge < -0.3 is 20.8 Å². The summed E-state index contributed by atoms with van der Waals surface area (Å²) in [4.78, 5) is 38.3. The summed E-state index contributed by atoms with van der Waals surface area (Å²) in [6.07, 6.45) is 3.76. The molecule has 0 bridgehead atoms. The summed E-state index contributed by atoms with van der Waals surface area (Å²) in [6.45, 7) is 0.865. The molecular formula is C21H31N3O5. The zero-order valence-electron chi connectivity index (χ0n) is 17.6. The largest absolute Gasteiger partial charge is 0.480 e. The standard InChI is InChI=1S/C21H31N3O5/c22-13-5-4-9-16(19(25)24-14-6-10-18(24)21(28)29)23-17(20(26)27)12-11-15-7-2-1-3-8-15/h1-3,7-8,16-18,23H,4-6,9-14,22H2,(H,26,27)(H,28,29)/t16-,17-,18-/m0/s1/i/hD. The number of carbonyl (C=O) groups excluding carboxylic acids is 1. The monoisotopic (exact) mass is 406 g/mol. The molecule has 1 aliphatic rings. The fraction of sp³-hybridized carbons (Fsp3) is 0.571. The Morgan fingerprint density at radius 2 is 1.97 bits per heavy atom. The molecule has 2 rings (SSSR count). The number of hydrogen-bond acceptors (Lipinski definition) is 6. The van der Waals surface area contributed by atoms with Crippen molar-refractivity contribution in [2.24, 2.45) is 5.73 Å². The molecule has 0 aliphatic carbocycles. The summed E-state index contributed by atoms with van der Waals surface area (Å²) >= 11 is 0. The highest BCUT2D eigenvalue weighted by Gasteiger charge is 2.38. The molecule has 0 saturated carbocycles. The number of unbranched alkanes of at least 4 members (excludes halogenated alkanes) is 1. The summed E-state index contributed by atoms with van der Waals surface area (Å²) in [5.41, 5.74) is 6.59. The minimum absolute atomic E-state index is 0.328. The lowest BCUT2D eigenvalue weighted by Crippen LogP contribution is -2.54. The normalized spacial score (nSPS) is 18.7. The summed E-state index contributed by atoms with van der Waals surface area (Å²) in [5.74, 6) is -2.11. The van der Waals surface area contributed by atoms with Gasteiger partial charge in [0.05, 0.1) is 6.04 Å². The first-order valence-corrected chi connectivity index (χ1v) is 10.2. The van der Waals surface area contributed by atoms with Gasteiger partial charge in [-0.3, -0.25) is 14.9 Å². The highest BCUT2D eigenvalue weighted by molar-refractivity contribution is 5.88. The van der Waals surface area contributed by atoms with Gasteiger partial charge in [-0.25, -0.2) is 4.79 Å². The van der Waals surface area contributed by atoms with Crippen LogP contribution in [0.4, 0.5) is 0 Å². The van der Waals surface area contributed by atoms with E-state index in [0.717, 1.165) is 5.56 Å². The van der Waals surface area contributed by atoms with Crippen LogP contribution in [0.2, 0.25) is 0 Å². The van der Waals surface area contributed by atoms with Gasteiger partial charge in [0.25, 0.3) is 1.43 Å². The SMILES string of the molecule is [2H]OC(=O)[C@@H]1CCCN1C(=O)[C@H](CCCCN)N[C@@H](CCc1ccccc1)C(=O)O. The van der Waals surface area contributed by atoms with Crippen molar-refractivity contribution in [3.63, 3.8) is 0 Å². The van der Waals surface area contributed by atoms with Gasteiger partial charge in [-0.2, -0.15) is 0 Å². The lowest BCUT2D eigenvalue weighted by atomic mass is 10.0. The van der Waals surface area contributed by atoms with Crippen LogP contribution in [0.15, 0.2) is 30.3 Å². The van der Waals surface area contributed by atoms with Crippen molar-refractivity contribution >= 4 is 17.8 Å². The molecular weight excluding hydrogens is 374 g/mol. The smallest absolute Gasteiger partial charge is 0.326 e. The molecule has 1 aliphatic heterocycles. The van der Waals surface area contributed by atoms with E-state index in [1.165, 1.54) is 4.90 Å². The van der Waals surface area contributed by atoms with Gasteiger partial charge in [0.1, 0.15) is 12.1 Å². The van der Waals surface area contributed by atoms with Crippen LogP contribution >= 0.6 is 0 Å². The highest BCUT2D eigenvalue weighted by atomic mass is 16.4. The Morgan fingerprint density at radius 3 is 2.62 bits per heavy atom. The Hall–Kier alpha value is -2.45. The fourth-order valence-electron chi connectivity index (χ4n) is 3.72. The second-order valence-corrected chi connectivity index (χ2v) is 7.43. The third-order valence-electron chi connectivity index (χ3n) is 5.32. The van der Waals surface area contributed by atoms with E-state index in [0.29, 0.717) is 58.0 Å². The molecule has 0 spiro atoms. The van der Waals surface area contributed by atoms with Crippen molar-refractivity contribution in [2.75, 3.05) is 13.1 Å². The van der Waals surface area contributed by atoms with E-state index in [9.17, 15) is 19.5 Å². The maximum atomic E-state index is 13.2. The zero-order valence-corrected chi connectivity index (χ0v) is 16.6. The number of amides is 1. The van der Waals surface area contributed by atoms with Gasteiger partial charge in [-0.05, 0) is 50.6 Å². The molecule has 8 heteroatoms. The van der Waals surface area contributed by atoms with E-state index in [1.54, 1.807) is 0 Å². The van der Waals surface area contributed by atoms with E-state index in [2.05, 4.69) is 10.4 Å². The number of nitrogens with two attached hydrogens (primary N) is 1. The van der Waals surface area contributed by atoms with Crippen LogP contribution in [0.5, 0.6) is 0 Å². The van der Waals surface area contributed by atoms with Gasteiger partial charge >= 0.3 is 11.9 Å². The molecule has 29 heavy (non-hydrogen) atoms. The number of aliphatic carboxylic acids is 2. The van der Waals surface area contributed by atoms with Crippen LogP contribution in [-0.4, -0.2) is 64.2 Å². The average Bonchev–Trinajstić information content (AvgIpc) is 3.25. The number of carboxylic acid groups (broad SMARTS) is 2. The van der Waals surface area contributed by atoms with Gasteiger partial charge in [-0.1, -0.05) is 36.8 Å². The Bertz CT molecular complexity index is 703. The molecule has 1 aromatic rings. The first-order valence-electron chi connectivity index (χ1n) is 10.6. The molecule has 160 valence electrons. The van der Waals surface area contributed by atoms with Gasteiger partial charge in [0.2, 0.25) is 5.91 Å². The number of carboxylic acids is 2. The second-order valence-electron chi connectivity index (χ2n) is 7.43. The maximum absolute atomic E-state index is 13.2. The van der Waals surface area contributed by atoms with Crippen molar-refractivity contribution in [3.8, 4) is 0 Å². The Morgan fingerprint density at radius 1 is 1.21 bits per heavy atom. The summed E-state index contributed by atoms with van der Waals surface area (Å²) in [6, 6.07) is 7.13. The number of hydrogen-bond donors (Lipinski definition) is 4. The van der Waals surface area contributed by atoms with Crippen molar-refractivity contribution in [2.45, 2.75) is 63.1 Å². The molecule has 1 aromatic carbocycles. The van der Waals surface area contributed by atoms with E-state index in [4.69, 9.17) is 7.16 Å². The lowest BCUT2D eigenvalue weighted by Gasteiger charge is -2.29. The van der Waals surface area contributed by atoms with E-state index in [-0.39, 0.29) is 5.91 Å². The number of nitrogens with zero attached hydrogens (tertiary/aromatic N) is 1. The predicted molar refractivity (Wildman–Crippen MR) is 108 cm³/mol. The molecule has 0 unspecified atom stereocenters. The second kappa shape index (κ2) is 11.5. The van der Waals surface area contributed by atoms with Gasteiger partial charge in [-0.15, -0.1) is 0 Å². The first kappa shape index (κ1) is 21.3. The van der Waals surface area contributed by atoms with E-state index in [1.807, 2.05) is 30.3 Å². The molecule has 0 aromatic heterocycles.